The topological polar surface area (TPSA) is 74.6 Å². The molecule has 0 atom stereocenters. The molecule has 0 aliphatic carbocycles. The predicted octanol–water partition coefficient (Wildman–Crippen LogP) is 7.01. The molecule has 0 amide bonds. The molecule has 0 radical (unpaired) electrons. The van der Waals surface area contributed by atoms with Gasteiger partial charge in [-0.25, -0.2) is 18.2 Å². The summed E-state index contributed by atoms with van der Waals surface area (Å²) >= 11 is 3.50. The van der Waals surface area contributed by atoms with Crippen molar-refractivity contribution in [1.29, 1.82) is 5.41 Å². The molecule has 176 valence electrons. The number of nitrogens with one attached hydrogen (secondary N) is 2. The van der Waals surface area contributed by atoms with E-state index in [1.165, 1.54) is 29.2 Å². The summed E-state index contributed by atoms with van der Waals surface area (Å²) in [4.78, 5) is 5.76. The zero-order chi connectivity index (χ0) is 24.2. The normalized spacial score (nSPS) is 11.2. The van der Waals surface area contributed by atoms with Gasteiger partial charge in [-0.2, -0.15) is 0 Å². The summed E-state index contributed by atoms with van der Waals surface area (Å²) in [7, 11) is 0. The number of hydrogen-bond donors (Lipinski definition) is 2. The molecule has 2 aromatic heterocycles. The van der Waals surface area contributed by atoms with Gasteiger partial charge in [-0.1, -0.05) is 41.7 Å². The summed E-state index contributed by atoms with van der Waals surface area (Å²) in [6.45, 7) is 4.21. The van der Waals surface area contributed by atoms with Crippen LogP contribution in [0.4, 0.5) is 18.9 Å². The number of thioether (sulfide) groups is 1. The molecule has 0 aliphatic rings. The summed E-state index contributed by atoms with van der Waals surface area (Å²) in [5.74, 6) is 0.119. The SMILES string of the molecule is Cc1nc(C)c(CNc2cc(F)c(SCc3ccccc3)cc2C(=N)c2nnc(C(F)F)s2)s1. The van der Waals surface area contributed by atoms with Crippen LogP contribution < -0.4 is 5.32 Å². The first-order chi connectivity index (χ1) is 16.3. The van der Waals surface area contributed by atoms with Crippen molar-refractivity contribution in [1.82, 2.24) is 15.2 Å². The van der Waals surface area contributed by atoms with Crippen molar-refractivity contribution >= 4 is 45.8 Å². The van der Waals surface area contributed by atoms with E-state index in [-0.39, 0.29) is 10.7 Å². The van der Waals surface area contributed by atoms with E-state index in [9.17, 15) is 8.78 Å². The molecule has 2 heterocycles. The molecule has 5 nitrogen and oxygen atoms in total. The van der Waals surface area contributed by atoms with Crippen LogP contribution in [0.25, 0.3) is 0 Å². The first-order valence-electron chi connectivity index (χ1n) is 10.2. The highest BCUT2D eigenvalue weighted by molar-refractivity contribution is 7.98. The molecule has 4 rings (SSSR count). The van der Waals surface area contributed by atoms with Gasteiger partial charge in [0.2, 0.25) is 0 Å². The monoisotopic (exact) mass is 519 g/mol. The maximum absolute atomic E-state index is 15.1. The third-order valence-electron chi connectivity index (χ3n) is 4.86. The third kappa shape index (κ3) is 5.65. The third-order valence-corrected chi connectivity index (χ3v) is 7.98. The highest BCUT2D eigenvalue weighted by Gasteiger charge is 2.21. The number of hydrogen-bond acceptors (Lipinski definition) is 8. The minimum atomic E-state index is -2.76. The molecule has 0 bridgehead atoms. The summed E-state index contributed by atoms with van der Waals surface area (Å²) < 4.78 is 41.1. The van der Waals surface area contributed by atoms with Crippen LogP contribution in [0.15, 0.2) is 47.4 Å². The highest BCUT2D eigenvalue weighted by Crippen LogP contribution is 2.33. The van der Waals surface area contributed by atoms with Crippen LogP contribution in [-0.4, -0.2) is 20.9 Å². The van der Waals surface area contributed by atoms with Gasteiger partial charge >= 0.3 is 0 Å². The Kier molecular flexibility index (Phi) is 7.64. The number of aryl methyl sites for hydroxylation is 2. The zero-order valence-electron chi connectivity index (χ0n) is 18.2. The lowest BCUT2D eigenvalue weighted by atomic mass is 10.1. The number of rotatable bonds is 9. The van der Waals surface area contributed by atoms with Crippen LogP contribution in [0.1, 0.15) is 43.1 Å². The van der Waals surface area contributed by atoms with Gasteiger partial charge in [0, 0.05) is 26.8 Å². The fourth-order valence-corrected chi connectivity index (χ4v) is 5.66. The van der Waals surface area contributed by atoms with Crippen LogP contribution in [0.2, 0.25) is 0 Å². The molecular weight excluding hydrogens is 499 g/mol. The van der Waals surface area contributed by atoms with Crippen molar-refractivity contribution in [2.45, 2.75) is 37.5 Å². The number of benzene rings is 2. The summed E-state index contributed by atoms with van der Waals surface area (Å²) in [5.41, 5.74) is 2.57. The Labute approximate surface area is 207 Å². The quantitative estimate of drug-likeness (QED) is 0.184. The molecular formula is C23H20F3N5S3. The van der Waals surface area contributed by atoms with Gasteiger partial charge in [-0.3, -0.25) is 5.41 Å². The maximum Gasteiger partial charge on any atom is 0.291 e. The molecule has 0 unspecified atom stereocenters. The smallest absolute Gasteiger partial charge is 0.291 e. The second-order valence-electron chi connectivity index (χ2n) is 7.32. The first kappa shape index (κ1) is 24.4. The average molecular weight is 520 g/mol. The lowest BCUT2D eigenvalue weighted by Gasteiger charge is -2.14. The lowest BCUT2D eigenvalue weighted by Crippen LogP contribution is -2.09. The van der Waals surface area contributed by atoms with E-state index in [0.29, 0.717) is 39.8 Å². The lowest BCUT2D eigenvalue weighted by molar-refractivity contribution is 0.150. The Morgan fingerprint density at radius 2 is 1.88 bits per heavy atom. The molecule has 34 heavy (non-hydrogen) atoms. The van der Waals surface area contributed by atoms with E-state index < -0.39 is 17.3 Å². The van der Waals surface area contributed by atoms with E-state index in [4.69, 9.17) is 5.41 Å². The molecule has 4 aromatic rings. The Hall–Kier alpha value is -2.76. The predicted molar refractivity (Wildman–Crippen MR) is 132 cm³/mol. The van der Waals surface area contributed by atoms with E-state index in [2.05, 4.69) is 20.5 Å². The standard InChI is InChI=1S/C23H20F3N5S3/c1-12-19(33-13(2)29-12)10-28-17-9-16(24)18(32-11-14-6-4-3-5-7-14)8-15(17)20(27)22-30-31-23(34-22)21(25)26/h3-9,21,27-28H,10-11H2,1-2H3. The number of thiazole rings is 1. The van der Waals surface area contributed by atoms with Gasteiger partial charge < -0.3 is 5.32 Å². The van der Waals surface area contributed by atoms with Crippen molar-refractivity contribution < 1.29 is 13.2 Å². The van der Waals surface area contributed by atoms with E-state index in [1.807, 2.05) is 44.2 Å². The van der Waals surface area contributed by atoms with Gasteiger partial charge in [0.15, 0.2) is 10.0 Å². The Morgan fingerprint density at radius 1 is 1.12 bits per heavy atom. The van der Waals surface area contributed by atoms with Crippen molar-refractivity contribution in [2.24, 2.45) is 0 Å². The molecule has 0 fully saturated rings. The average Bonchev–Trinajstić information content (AvgIpc) is 3.43. The van der Waals surface area contributed by atoms with Gasteiger partial charge in [-0.05, 0) is 31.5 Å². The molecule has 0 saturated heterocycles. The number of alkyl halides is 2. The van der Waals surface area contributed by atoms with Gasteiger partial charge in [0.05, 0.1) is 17.2 Å². The van der Waals surface area contributed by atoms with Gasteiger partial charge in [-0.15, -0.1) is 33.3 Å². The highest BCUT2D eigenvalue weighted by atomic mass is 32.2. The van der Waals surface area contributed by atoms with Crippen molar-refractivity contribution in [3.05, 3.63) is 85.0 Å². The summed E-state index contributed by atoms with van der Waals surface area (Å²) in [6, 6.07) is 12.6. The van der Waals surface area contributed by atoms with E-state index in [0.717, 1.165) is 21.1 Å². The van der Waals surface area contributed by atoms with Crippen molar-refractivity contribution in [3.63, 3.8) is 0 Å². The number of nitrogens with zero attached hydrogens (tertiary/aromatic N) is 3. The molecule has 0 saturated carbocycles. The summed E-state index contributed by atoms with van der Waals surface area (Å²) in [6.07, 6.45) is -2.76. The Bertz CT molecular complexity index is 1300. The molecule has 0 spiro atoms. The van der Waals surface area contributed by atoms with E-state index >= 15 is 4.39 Å². The van der Waals surface area contributed by atoms with Crippen LogP contribution in [-0.2, 0) is 12.3 Å². The molecule has 11 heteroatoms. The first-order valence-corrected chi connectivity index (χ1v) is 12.8. The number of halogens is 3. The Morgan fingerprint density at radius 3 is 2.53 bits per heavy atom. The van der Waals surface area contributed by atoms with Gasteiger partial charge in [0.25, 0.3) is 6.43 Å². The fraction of sp³-hybridized carbons (Fsp3) is 0.217. The number of anilines is 1. The van der Waals surface area contributed by atoms with Crippen molar-refractivity contribution in [2.75, 3.05) is 5.32 Å². The second-order valence-corrected chi connectivity index (χ2v) is 10.6. The van der Waals surface area contributed by atoms with Crippen LogP contribution >= 0.6 is 34.4 Å². The van der Waals surface area contributed by atoms with Gasteiger partial charge in [0.1, 0.15) is 11.5 Å². The number of aromatic nitrogens is 3. The molecule has 2 aromatic carbocycles. The summed E-state index contributed by atoms with van der Waals surface area (Å²) in [5, 5.41) is 19.6. The van der Waals surface area contributed by atoms with Crippen LogP contribution in [0, 0.1) is 25.1 Å². The fourth-order valence-electron chi connectivity index (χ4n) is 3.20. The van der Waals surface area contributed by atoms with Crippen LogP contribution in [0.5, 0.6) is 0 Å². The largest absolute Gasteiger partial charge is 0.379 e. The van der Waals surface area contributed by atoms with Crippen LogP contribution in [0.3, 0.4) is 0 Å². The minimum Gasteiger partial charge on any atom is -0.379 e. The van der Waals surface area contributed by atoms with Crippen molar-refractivity contribution in [3.8, 4) is 0 Å². The minimum absolute atomic E-state index is 0.0498. The molecule has 2 N–H and O–H groups in total. The zero-order valence-corrected chi connectivity index (χ0v) is 20.7. The second kappa shape index (κ2) is 10.7. The maximum atomic E-state index is 15.1. The Balaban J connectivity index is 1.66. The molecule has 0 aliphatic heterocycles. The van der Waals surface area contributed by atoms with E-state index in [1.54, 1.807) is 6.07 Å².